The molecule has 3 nitrogen and oxygen atoms in total. The number of hydrogen-bond donors (Lipinski definition) is 0. The molecule has 16 heavy (non-hydrogen) atoms. The second-order valence-corrected chi connectivity index (χ2v) is 4.91. The number of anilines is 1. The fourth-order valence-electron chi connectivity index (χ4n) is 2.13. The van der Waals surface area contributed by atoms with Crippen molar-refractivity contribution in [3.63, 3.8) is 0 Å². The first-order valence-corrected chi connectivity index (χ1v) is 6.40. The predicted molar refractivity (Wildman–Crippen MR) is 67.2 cm³/mol. The van der Waals surface area contributed by atoms with E-state index in [2.05, 4.69) is 34.8 Å². The van der Waals surface area contributed by atoms with Crippen molar-refractivity contribution in [1.29, 1.82) is 0 Å². The van der Waals surface area contributed by atoms with Crippen LogP contribution in [0.5, 0.6) is 0 Å². The van der Waals surface area contributed by atoms with E-state index in [1.807, 2.05) is 0 Å². The zero-order valence-electron chi connectivity index (χ0n) is 9.86. The van der Waals surface area contributed by atoms with Crippen molar-refractivity contribution in [2.45, 2.75) is 38.6 Å². The molecular formula is C12H18ClN3. The van der Waals surface area contributed by atoms with E-state index in [0.29, 0.717) is 17.8 Å². The number of rotatable bonds is 3. The Hall–Kier alpha value is -0.830. The Morgan fingerprint density at radius 3 is 3.00 bits per heavy atom. The van der Waals surface area contributed by atoms with Gasteiger partial charge in [0.15, 0.2) is 0 Å². The first-order chi connectivity index (χ1) is 7.72. The SMILES string of the molecule is CC(C)c1cc(N2CCCC2CCl)ncn1. The highest BCUT2D eigenvalue weighted by Gasteiger charge is 2.25. The van der Waals surface area contributed by atoms with E-state index in [4.69, 9.17) is 11.6 Å². The highest BCUT2D eigenvalue weighted by Crippen LogP contribution is 2.25. The molecule has 0 aliphatic carbocycles. The Morgan fingerprint density at radius 1 is 1.50 bits per heavy atom. The molecule has 1 fully saturated rings. The first-order valence-electron chi connectivity index (χ1n) is 5.87. The van der Waals surface area contributed by atoms with Gasteiger partial charge in [-0.15, -0.1) is 11.6 Å². The lowest BCUT2D eigenvalue weighted by molar-refractivity contribution is 0.726. The average molecular weight is 240 g/mol. The summed E-state index contributed by atoms with van der Waals surface area (Å²) in [5.41, 5.74) is 1.10. The summed E-state index contributed by atoms with van der Waals surface area (Å²) >= 11 is 5.97. The van der Waals surface area contributed by atoms with Gasteiger partial charge in [-0.25, -0.2) is 9.97 Å². The molecule has 1 saturated heterocycles. The predicted octanol–water partition coefficient (Wildman–Crippen LogP) is 2.81. The lowest BCUT2D eigenvalue weighted by atomic mass is 10.1. The Morgan fingerprint density at radius 2 is 2.31 bits per heavy atom. The molecule has 1 unspecified atom stereocenters. The Bertz CT molecular complexity index is 354. The molecule has 0 radical (unpaired) electrons. The Kier molecular flexibility index (Phi) is 3.64. The van der Waals surface area contributed by atoms with Crippen LogP contribution in [0.3, 0.4) is 0 Å². The van der Waals surface area contributed by atoms with Gasteiger partial charge < -0.3 is 4.90 Å². The van der Waals surface area contributed by atoms with Gasteiger partial charge in [-0.05, 0) is 18.8 Å². The first kappa shape index (κ1) is 11.6. The number of nitrogens with zero attached hydrogens (tertiary/aromatic N) is 3. The summed E-state index contributed by atoms with van der Waals surface area (Å²) < 4.78 is 0. The molecule has 1 aliphatic rings. The number of alkyl halides is 1. The molecule has 0 N–H and O–H groups in total. The summed E-state index contributed by atoms with van der Waals surface area (Å²) in [6.45, 7) is 5.36. The lowest BCUT2D eigenvalue weighted by Crippen LogP contribution is -2.31. The van der Waals surface area contributed by atoms with Gasteiger partial charge in [0.1, 0.15) is 12.1 Å². The zero-order chi connectivity index (χ0) is 11.5. The fraction of sp³-hybridized carbons (Fsp3) is 0.667. The summed E-state index contributed by atoms with van der Waals surface area (Å²) in [7, 11) is 0. The summed E-state index contributed by atoms with van der Waals surface area (Å²) in [5.74, 6) is 2.15. The van der Waals surface area contributed by atoms with Crippen LogP contribution in [0.1, 0.15) is 38.3 Å². The summed E-state index contributed by atoms with van der Waals surface area (Å²) in [6, 6.07) is 2.53. The molecule has 1 aromatic rings. The third-order valence-electron chi connectivity index (χ3n) is 3.11. The van der Waals surface area contributed by atoms with Crippen molar-refractivity contribution >= 4 is 17.4 Å². The van der Waals surface area contributed by atoms with Gasteiger partial charge in [-0.2, -0.15) is 0 Å². The van der Waals surface area contributed by atoms with Crippen molar-refractivity contribution in [3.05, 3.63) is 18.1 Å². The maximum Gasteiger partial charge on any atom is 0.132 e. The lowest BCUT2D eigenvalue weighted by Gasteiger charge is -2.24. The molecule has 2 heterocycles. The van der Waals surface area contributed by atoms with Gasteiger partial charge in [-0.1, -0.05) is 13.8 Å². The van der Waals surface area contributed by atoms with Crippen LogP contribution in [-0.4, -0.2) is 28.4 Å². The van der Waals surface area contributed by atoms with Crippen LogP contribution in [0.4, 0.5) is 5.82 Å². The maximum atomic E-state index is 5.97. The highest BCUT2D eigenvalue weighted by atomic mass is 35.5. The number of halogens is 1. The van der Waals surface area contributed by atoms with E-state index in [-0.39, 0.29) is 0 Å². The molecule has 1 aliphatic heterocycles. The van der Waals surface area contributed by atoms with Gasteiger partial charge >= 0.3 is 0 Å². The Labute approximate surface area is 102 Å². The number of hydrogen-bond acceptors (Lipinski definition) is 3. The van der Waals surface area contributed by atoms with Crippen LogP contribution in [0.2, 0.25) is 0 Å². The van der Waals surface area contributed by atoms with Gasteiger partial charge in [-0.3, -0.25) is 0 Å². The summed E-state index contributed by atoms with van der Waals surface area (Å²) in [6.07, 6.45) is 4.04. The van der Waals surface area contributed by atoms with Crippen LogP contribution in [0.25, 0.3) is 0 Å². The smallest absolute Gasteiger partial charge is 0.132 e. The minimum Gasteiger partial charge on any atom is -0.352 e. The normalized spacial score (nSPS) is 20.8. The molecule has 1 atom stereocenters. The van der Waals surface area contributed by atoms with Crippen molar-refractivity contribution in [2.75, 3.05) is 17.3 Å². The monoisotopic (exact) mass is 239 g/mol. The quantitative estimate of drug-likeness (QED) is 0.760. The molecule has 88 valence electrons. The average Bonchev–Trinajstić information content (AvgIpc) is 2.77. The van der Waals surface area contributed by atoms with Gasteiger partial charge in [0.05, 0.1) is 0 Å². The van der Waals surface area contributed by atoms with E-state index < -0.39 is 0 Å². The second-order valence-electron chi connectivity index (χ2n) is 4.60. The number of aromatic nitrogens is 2. The van der Waals surface area contributed by atoms with E-state index >= 15 is 0 Å². The summed E-state index contributed by atoms with van der Waals surface area (Å²) in [4.78, 5) is 11.0. The Balaban J connectivity index is 2.22. The van der Waals surface area contributed by atoms with Gasteiger partial charge in [0.25, 0.3) is 0 Å². The summed E-state index contributed by atoms with van der Waals surface area (Å²) in [5, 5.41) is 0. The molecule has 0 spiro atoms. The van der Waals surface area contributed by atoms with Gasteiger partial charge in [0.2, 0.25) is 0 Å². The standard InChI is InChI=1S/C12H18ClN3/c1-9(2)11-6-12(15-8-14-11)16-5-3-4-10(16)7-13/h6,8-10H,3-5,7H2,1-2H3. The van der Waals surface area contributed by atoms with Crippen molar-refractivity contribution < 1.29 is 0 Å². The minimum atomic E-state index is 0.441. The molecule has 0 aromatic carbocycles. The van der Waals surface area contributed by atoms with Gasteiger partial charge in [0, 0.05) is 30.2 Å². The molecular weight excluding hydrogens is 222 g/mol. The topological polar surface area (TPSA) is 29.0 Å². The van der Waals surface area contributed by atoms with Crippen LogP contribution in [-0.2, 0) is 0 Å². The molecule has 1 aromatic heterocycles. The second kappa shape index (κ2) is 5.00. The molecule has 4 heteroatoms. The third-order valence-corrected chi connectivity index (χ3v) is 3.47. The molecule has 0 bridgehead atoms. The van der Waals surface area contributed by atoms with Crippen LogP contribution >= 0.6 is 11.6 Å². The van der Waals surface area contributed by atoms with Crippen LogP contribution in [0, 0.1) is 0 Å². The van der Waals surface area contributed by atoms with E-state index in [9.17, 15) is 0 Å². The van der Waals surface area contributed by atoms with Crippen molar-refractivity contribution in [3.8, 4) is 0 Å². The highest BCUT2D eigenvalue weighted by molar-refractivity contribution is 6.18. The van der Waals surface area contributed by atoms with Crippen LogP contribution in [0.15, 0.2) is 12.4 Å². The van der Waals surface area contributed by atoms with E-state index in [1.54, 1.807) is 6.33 Å². The maximum absolute atomic E-state index is 5.97. The largest absolute Gasteiger partial charge is 0.352 e. The van der Waals surface area contributed by atoms with Crippen molar-refractivity contribution in [1.82, 2.24) is 9.97 Å². The molecule has 0 amide bonds. The van der Waals surface area contributed by atoms with Crippen molar-refractivity contribution in [2.24, 2.45) is 0 Å². The zero-order valence-corrected chi connectivity index (χ0v) is 10.6. The molecule has 2 rings (SSSR count). The third kappa shape index (κ3) is 2.29. The fourth-order valence-corrected chi connectivity index (χ4v) is 2.45. The van der Waals surface area contributed by atoms with E-state index in [1.165, 1.54) is 12.8 Å². The van der Waals surface area contributed by atoms with Crippen LogP contribution < -0.4 is 4.90 Å². The molecule has 0 saturated carbocycles. The van der Waals surface area contributed by atoms with E-state index in [0.717, 1.165) is 18.1 Å². The minimum absolute atomic E-state index is 0.441.